The molecule has 79 valence electrons. The molecule has 0 spiro atoms. The molecule has 2 bridgehead atoms. The number of hydrogen-bond acceptors (Lipinski definition) is 3. The van der Waals surface area contributed by atoms with Crippen LogP contribution in [0, 0.1) is 18.3 Å². The Labute approximate surface area is 83.7 Å². The molecule has 1 saturated carbocycles. The second-order valence-electron chi connectivity index (χ2n) is 4.22. The summed E-state index contributed by atoms with van der Waals surface area (Å²) in [7, 11) is 1.56. The Hall–Kier alpha value is -0.610. The van der Waals surface area contributed by atoms with E-state index in [0.29, 0.717) is 37.9 Å². The van der Waals surface area contributed by atoms with E-state index in [0.717, 1.165) is 0 Å². The Morgan fingerprint density at radius 3 is 2.50 bits per heavy atom. The predicted octanol–water partition coefficient (Wildman–Crippen LogP) is 0.118. The zero-order valence-corrected chi connectivity index (χ0v) is 8.36. The van der Waals surface area contributed by atoms with Gasteiger partial charge in [-0.25, -0.2) is 0 Å². The number of amides is 1. The summed E-state index contributed by atoms with van der Waals surface area (Å²) in [5.74, 6) is 0.287. The first-order valence-electron chi connectivity index (χ1n) is 4.94. The molecule has 0 aromatic carbocycles. The second-order valence-corrected chi connectivity index (χ2v) is 4.22. The lowest BCUT2D eigenvalue weighted by Crippen LogP contribution is -2.53. The van der Waals surface area contributed by atoms with Crippen LogP contribution in [-0.2, 0) is 14.3 Å². The summed E-state index contributed by atoms with van der Waals surface area (Å²) >= 11 is 0. The van der Waals surface area contributed by atoms with Crippen LogP contribution in [0.5, 0.6) is 0 Å². The number of carbonyl (C=O) groups excluding carboxylic acids is 1. The molecule has 0 aromatic rings. The molecule has 2 fully saturated rings. The molecule has 2 atom stereocenters. The molecular weight excluding hydrogens is 182 g/mol. The van der Waals surface area contributed by atoms with Crippen LogP contribution >= 0.6 is 0 Å². The summed E-state index contributed by atoms with van der Waals surface area (Å²) in [6.07, 6.45) is 3.59. The van der Waals surface area contributed by atoms with Crippen LogP contribution in [0.15, 0.2) is 0 Å². The number of carbonyl (C=O) groups is 1. The maximum absolute atomic E-state index is 11.4. The molecule has 1 aliphatic heterocycles. The normalized spacial score (nSPS) is 42.1. The van der Waals surface area contributed by atoms with Crippen molar-refractivity contribution in [2.75, 3.05) is 20.3 Å². The van der Waals surface area contributed by atoms with Gasteiger partial charge in [-0.1, -0.05) is 0 Å². The van der Waals surface area contributed by atoms with E-state index in [1.165, 1.54) is 0 Å². The van der Waals surface area contributed by atoms with E-state index >= 15 is 0 Å². The predicted molar refractivity (Wildman–Crippen MR) is 50.3 cm³/mol. The van der Waals surface area contributed by atoms with Gasteiger partial charge < -0.3 is 15.2 Å². The number of primary amides is 1. The van der Waals surface area contributed by atoms with E-state index in [1.54, 1.807) is 7.11 Å². The Balaban J connectivity index is 2.16. The Morgan fingerprint density at radius 2 is 2.07 bits per heavy atom. The van der Waals surface area contributed by atoms with Crippen LogP contribution in [-0.4, -0.2) is 31.8 Å². The topological polar surface area (TPSA) is 61.5 Å². The minimum Gasteiger partial charge on any atom is -0.381 e. The van der Waals surface area contributed by atoms with Gasteiger partial charge in [0.15, 0.2) is 0 Å². The van der Waals surface area contributed by atoms with Crippen molar-refractivity contribution in [3.63, 3.8) is 0 Å². The minimum atomic E-state index is -0.756. The first-order chi connectivity index (χ1) is 6.66. The van der Waals surface area contributed by atoms with E-state index in [-0.39, 0.29) is 5.91 Å². The van der Waals surface area contributed by atoms with Crippen molar-refractivity contribution >= 4 is 5.91 Å². The van der Waals surface area contributed by atoms with Crippen molar-refractivity contribution in [3.05, 3.63) is 6.42 Å². The van der Waals surface area contributed by atoms with Gasteiger partial charge in [0.25, 0.3) is 0 Å². The molecule has 1 amide bonds. The third-order valence-corrected chi connectivity index (χ3v) is 3.23. The number of ether oxygens (including phenoxy) is 2. The van der Waals surface area contributed by atoms with E-state index in [1.807, 2.05) is 0 Å². The number of methoxy groups -OCH3 is 1. The van der Waals surface area contributed by atoms with Crippen LogP contribution in [0.3, 0.4) is 0 Å². The molecule has 4 nitrogen and oxygen atoms in total. The molecule has 0 aromatic heterocycles. The lowest BCUT2D eigenvalue weighted by molar-refractivity contribution is -0.153. The van der Waals surface area contributed by atoms with Gasteiger partial charge >= 0.3 is 0 Å². The molecule has 14 heavy (non-hydrogen) atoms. The number of nitrogens with two attached hydrogens (primary N) is 1. The largest absolute Gasteiger partial charge is 0.381 e. The van der Waals surface area contributed by atoms with Gasteiger partial charge in [0.2, 0.25) is 5.91 Å². The molecule has 2 rings (SSSR count). The van der Waals surface area contributed by atoms with Crippen molar-refractivity contribution in [1.82, 2.24) is 0 Å². The fraction of sp³-hybridized carbons (Fsp3) is 0.800. The zero-order chi connectivity index (χ0) is 10.2. The second kappa shape index (κ2) is 3.51. The Kier molecular flexibility index (Phi) is 2.49. The summed E-state index contributed by atoms with van der Waals surface area (Å²) < 4.78 is 10.7. The van der Waals surface area contributed by atoms with Gasteiger partial charge in [-0.3, -0.25) is 4.79 Å². The van der Waals surface area contributed by atoms with Crippen LogP contribution in [0.4, 0.5) is 0 Å². The molecular formula is C10H16NO3. The van der Waals surface area contributed by atoms with Crippen LogP contribution in [0.25, 0.3) is 0 Å². The Morgan fingerprint density at radius 1 is 1.50 bits per heavy atom. The summed E-state index contributed by atoms with van der Waals surface area (Å²) in [4.78, 5) is 11.4. The lowest BCUT2D eigenvalue weighted by atomic mass is 9.71. The van der Waals surface area contributed by atoms with Crippen molar-refractivity contribution in [2.24, 2.45) is 17.6 Å². The average molecular weight is 198 g/mol. The number of hydrogen-bond donors (Lipinski definition) is 1. The maximum atomic E-state index is 11.4. The van der Waals surface area contributed by atoms with E-state index < -0.39 is 5.60 Å². The number of rotatable bonds is 2. The average Bonchev–Trinajstić information content (AvgIpc) is 2.16. The maximum Gasteiger partial charge on any atom is 0.249 e. The zero-order valence-electron chi connectivity index (χ0n) is 8.36. The van der Waals surface area contributed by atoms with E-state index in [9.17, 15) is 4.79 Å². The van der Waals surface area contributed by atoms with Crippen LogP contribution in [0.1, 0.15) is 12.8 Å². The first-order valence-corrected chi connectivity index (χ1v) is 4.94. The highest BCUT2D eigenvalue weighted by atomic mass is 16.5. The minimum absolute atomic E-state index is 0.315. The van der Waals surface area contributed by atoms with Gasteiger partial charge in [0, 0.05) is 20.3 Å². The Bertz CT molecular complexity index is 230. The van der Waals surface area contributed by atoms with Gasteiger partial charge in [-0.05, 0) is 31.1 Å². The molecule has 1 aliphatic carbocycles. The van der Waals surface area contributed by atoms with Crippen LogP contribution in [0.2, 0.25) is 0 Å². The van der Waals surface area contributed by atoms with Crippen molar-refractivity contribution in [2.45, 2.75) is 18.4 Å². The monoisotopic (exact) mass is 198 g/mol. The molecule has 2 aliphatic rings. The molecule has 1 heterocycles. The van der Waals surface area contributed by atoms with Crippen molar-refractivity contribution < 1.29 is 14.3 Å². The summed E-state index contributed by atoms with van der Waals surface area (Å²) in [6, 6.07) is 0. The third-order valence-electron chi connectivity index (χ3n) is 3.23. The van der Waals surface area contributed by atoms with Crippen molar-refractivity contribution in [3.8, 4) is 0 Å². The molecule has 1 radical (unpaired) electrons. The van der Waals surface area contributed by atoms with E-state index in [4.69, 9.17) is 15.2 Å². The highest BCUT2D eigenvalue weighted by Crippen LogP contribution is 2.40. The molecule has 2 N–H and O–H groups in total. The number of fused-ring (bicyclic) bond motifs is 2. The smallest absolute Gasteiger partial charge is 0.249 e. The summed E-state index contributed by atoms with van der Waals surface area (Å²) in [5.41, 5.74) is 4.64. The van der Waals surface area contributed by atoms with Gasteiger partial charge in [-0.15, -0.1) is 0 Å². The SMILES string of the molecule is COC1(C(N)=O)CC2[CH]C(COC2)C1. The van der Waals surface area contributed by atoms with Crippen molar-refractivity contribution in [1.29, 1.82) is 0 Å². The quantitative estimate of drug-likeness (QED) is 0.685. The summed E-state index contributed by atoms with van der Waals surface area (Å²) in [6.45, 7) is 1.38. The third kappa shape index (κ3) is 1.53. The highest BCUT2D eigenvalue weighted by molar-refractivity contribution is 5.83. The fourth-order valence-corrected chi connectivity index (χ4v) is 2.52. The molecule has 4 heteroatoms. The fourth-order valence-electron chi connectivity index (χ4n) is 2.52. The highest BCUT2D eigenvalue weighted by Gasteiger charge is 2.47. The standard InChI is InChI=1S/C10H16NO3/c1-13-10(9(11)12)3-7-2-8(4-10)6-14-5-7/h2,7-8H,3-6H2,1H3,(H2,11,12). The molecule has 2 unspecified atom stereocenters. The van der Waals surface area contributed by atoms with E-state index in [2.05, 4.69) is 6.42 Å². The summed E-state index contributed by atoms with van der Waals surface area (Å²) in [5, 5.41) is 0. The lowest BCUT2D eigenvalue weighted by Gasteiger charge is -2.43. The van der Waals surface area contributed by atoms with Crippen LogP contribution < -0.4 is 5.73 Å². The van der Waals surface area contributed by atoms with Gasteiger partial charge in [-0.2, -0.15) is 0 Å². The van der Waals surface area contributed by atoms with Gasteiger partial charge in [0.1, 0.15) is 5.60 Å². The van der Waals surface area contributed by atoms with Gasteiger partial charge in [0.05, 0.1) is 0 Å². The first kappa shape index (κ1) is 9.93. The molecule has 1 saturated heterocycles.